The van der Waals surface area contributed by atoms with Gasteiger partial charge in [0, 0.05) is 10.0 Å². The van der Waals surface area contributed by atoms with Crippen LogP contribution in [-0.2, 0) is 0 Å². The lowest BCUT2D eigenvalue weighted by atomic mass is 10.0. The van der Waals surface area contributed by atoms with E-state index < -0.39 is 5.82 Å². The van der Waals surface area contributed by atoms with Gasteiger partial charge in [-0.05, 0) is 52.3 Å². The summed E-state index contributed by atoms with van der Waals surface area (Å²) in [5.41, 5.74) is 0.819. The molecule has 0 aliphatic carbocycles. The largest absolute Gasteiger partial charge is 0.496 e. The molecule has 0 aliphatic rings. The van der Waals surface area contributed by atoms with Crippen LogP contribution in [0.15, 0.2) is 45.3 Å². The normalized spacial score (nSPS) is 10.3. The van der Waals surface area contributed by atoms with Gasteiger partial charge >= 0.3 is 0 Å². The maximum Gasteiger partial charge on any atom is 0.196 e. The van der Waals surface area contributed by atoms with Crippen LogP contribution in [0.4, 0.5) is 4.39 Å². The van der Waals surface area contributed by atoms with Crippen molar-refractivity contribution in [3.63, 3.8) is 0 Å². The van der Waals surface area contributed by atoms with Gasteiger partial charge in [-0.2, -0.15) is 0 Å². The van der Waals surface area contributed by atoms with E-state index in [4.69, 9.17) is 4.74 Å². The minimum absolute atomic E-state index is 0.223. The van der Waals surface area contributed by atoms with Gasteiger partial charge in [-0.15, -0.1) is 0 Å². The highest BCUT2D eigenvalue weighted by molar-refractivity contribution is 9.10. The lowest BCUT2D eigenvalue weighted by Gasteiger charge is -2.08. The monoisotopic (exact) mass is 386 g/mol. The molecule has 0 radical (unpaired) electrons. The number of methoxy groups -OCH3 is 1. The van der Waals surface area contributed by atoms with Crippen molar-refractivity contribution < 1.29 is 13.9 Å². The number of benzene rings is 2. The van der Waals surface area contributed by atoms with Gasteiger partial charge < -0.3 is 4.74 Å². The maximum atomic E-state index is 13.2. The van der Waals surface area contributed by atoms with Gasteiger partial charge in [-0.3, -0.25) is 4.79 Å². The average Bonchev–Trinajstić information content (AvgIpc) is 2.41. The van der Waals surface area contributed by atoms with Crippen LogP contribution in [0.2, 0.25) is 0 Å². The van der Waals surface area contributed by atoms with Gasteiger partial charge in [-0.1, -0.05) is 15.9 Å². The Labute approximate surface area is 126 Å². The molecule has 2 aromatic carbocycles. The zero-order chi connectivity index (χ0) is 14.0. The SMILES string of the molecule is COc1ccc(Br)cc1C(=O)c1ccc(F)c(Br)c1. The van der Waals surface area contributed by atoms with Crippen molar-refractivity contribution in [3.05, 3.63) is 62.3 Å². The molecule has 0 amide bonds. The van der Waals surface area contributed by atoms with Crippen LogP contribution in [0.5, 0.6) is 5.75 Å². The molecule has 0 atom stereocenters. The van der Waals surface area contributed by atoms with Crippen molar-refractivity contribution in [1.82, 2.24) is 0 Å². The zero-order valence-electron chi connectivity index (χ0n) is 9.91. The topological polar surface area (TPSA) is 26.3 Å². The third-order valence-corrected chi connectivity index (χ3v) is 3.69. The summed E-state index contributed by atoms with van der Waals surface area (Å²) in [6.07, 6.45) is 0. The number of ketones is 1. The predicted octanol–water partition coefficient (Wildman–Crippen LogP) is 4.59. The van der Waals surface area contributed by atoms with E-state index >= 15 is 0 Å². The first-order valence-electron chi connectivity index (χ1n) is 5.36. The molecule has 0 heterocycles. The number of halogens is 3. The zero-order valence-corrected chi connectivity index (χ0v) is 13.1. The Morgan fingerprint density at radius 1 is 1.16 bits per heavy atom. The summed E-state index contributed by atoms with van der Waals surface area (Å²) in [5, 5.41) is 0. The number of carbonyl (C=O) groups excluding carboxylic acids is 1. The van der Waals surface area contributed by atoms with Gasteiger partial charge in [-0.25, -0.2) is 4.39 Å². The first kappa shape index (κ1) is 14.2. The first-order chi connectivity index (χ1) is 9.02. The summed E-state index contributed by atoms with van der Waals surface area (Å²) >= 11 is 6.38. The van der Waals surface area contributed by atoms with Crippen LogP contribution in [0.3, 0.4) is 0 Å². The van der Waals surface area contributed by atoms with E-state index in [1.807, 2.05) is 0 Å². The third-order valence-electron chi connectivity index (χ3n) is 2.59. The molecular weight excluding hydrogens is 379 g/mol. The van der Waals surface area contributed by atoms with Crippen molar-refractivity contribution in [1.29, 1.82) is 0 Å². The Kier molecular flexibility index (Phi) is 4.37. The number of carbonyl (C=O) groups is 1. The maximum absolute atomic E-state index is 13.2. The van der Waals surface area contributed by atoms with Gasteiger partial charge in [0.25, 0.3) is 0 Å². The number of ether oxygens (including phenoxy) is 1. The predicted molar refractivity (Wildman–Crippen MR) is 78.2 cm³/mol. The Hall–Kier alpha value is -1.20. The van der Waals surface area contributed by atoms with Crippen LogP contribution in [-0.4, -0.2) is 12.9 Å². The summed E-state index contributed by atoms with van der Waals surface area (Å²) < 4.78 is 19.4. The molecule has 2 aromatic rings. The van der Waals surface area contributed by atoms with Crippen molar-refractivity contribution in [2.75, 3.05) is 7.11 Å². The molecule has 0 saturated carbocycles. The van der Waals surface area contributed by atoms with Crippen LogP contribution in [0.25, 0.3) is 0 Å². The second-order valence-corrected chi connectivity index (χ2v) is 5.57. The Morgan fingerprint density at radius 3 is 2.53 bits per heavy atom. The molecule has 2 rings (SSSR count). The standard InChI is InChI=1S/C14H9Br2FO2/c1-19-13-5-3-9(15)7-10(13)14(18)8-2-4-12(17)11(16)6-8/h2-7H,1H3. The summed E-state index contributed by atoms with van der Waals surface area (Å²) in [5.74, 6) is -0.148. The number of hydrogen-bond donors (Lipinski definition) is 0. The van der Waals surface area contributed by atoms with Gasteiger partial charge in [0.15, 0.2) is 5.78 Å². The second kappa shape index (κ2) is 5.84. The smallest absolute Gasteiger partial charge is 0.196 e. The summed E-state index contributed by atoms with van der Waals surface area (Å²) in [6, 6.07) is 9.33. The van der Waals surface area contributed by atoms with Crippen LogP contribution >= 0.6 is 31.9 Å². The van der Waals surface area contributed by atoms with Crippen LogP contribution in [0, 0.1) is 5.82 Å². The molecular formula is C14H9Br2FO2. The van der Waals surface area contributed by atoms with Crippen molar-refractivity contribution in [3.8, 4) is 5.75 Å². The summed E-state index contributed by atoms with van der Waals surface area (Å²) in [4.78, 5) is 12.4. The van der Waals surface area contributed by atoms with Gasteiger partial charge in [0.1, 0.15) is 11.6 Å². The molecule has 19 heavy (non-hydrogen) atoms. The molecule has 5 heteroatoms. The minimum Gasteiger partial charge on any atom is -0.496 e. The lowest BCUT2D eigenvalue weighted by Crippen LogP contribution is -2.04. The second-order valence-electron chi connectivity index (χ2n) is 3.80. The van der Waals surface area contributed by atoms with Gasteiger partial charge in [0.2, 0.25) is 0 Å². The Morgan fingerprint density at radius 2 is 1.89 bits per heavy atom. The molecule has 0 bridgehead atoms. The number of hydrogen-bond acceptors (Lipinski definition) is 2. The quantitative estimate of drug-likeness (QED) is 0.720. The molecule has 98 valence electrons. The third kappa shape index (κ3) is 3.04. The van der Waals surface area contributed by atoms with E-state index in [-0.39, 0.29) is 10.3 Å². The molecule has 2 nitrogen and oxygen atoms in total. The Balaban J connectivity index is 2.49. The van der Waals surface area contributed by atoms with Crippen molar-refractivity contribution in [2.45, 2.75) is 0 Å². The molecule has 0 saturated heterocycles. The fourth-order valence-electron chi connectivity index (χ4n) is 1.65. The summed E-state index contributed by atoms with van der Waals surface area (Å²) in [6.45, 7) is 0. The molecule has 0 unspecified atom stereocenters. The van der Waals surface area contributed by atoms with E-state index in [0.29, 0.717) is 16.9 Å². The fourth-order valence-corrected chi connectivity index (χ4v) is 2.39. The van der Waals surface area contributed by atoms with Crippen LogP contribution in [0.1, 0.15) is 15.9 Å². The van der Waals surface area contributed by atoms with Crippen molar-refractivity contribution >= 4 is 37.6 Å². The summed E-state index contributed by atoms with van der Waals surface area (Å²) in [7, 11) is 1.50. The molecule has 0 N–H and O–H groups in total. The van der Waals surface area contributed by atoms with Crippen LogP contribution < -0.4 is 4.74 Å². The van der Waals surface area contributed by atoms with Crippen molar-refractivity contribution in [2.24, 2.45) is 0 Å². The van der Waals surface area contributed by atoms with Gasteiger partial charge in [0.05, 0.1) is 17.1 Å². The molecule has 0 fully saturated rings. The molecule has 0 spiro atoms. The first-order valence-corrected chi connectivity index (χ1v) is 6.95. The van der Waals surface area contributed by atoms with E-state index in [2.05, 4.69) is 31.9 Å². The number of rotatable bonds is 3. The van der Waals surface area contributed by atoms with E-state index in [0.717, 1.165) is 4.47 Å². The highest BCUT2D eigenvalue weighted by atomic mass is 79.9. The lowest BCUT2D eigenvalue weighted by molar-refractivity contribution is 0.103. The van der Waals surface area contributed by atoms with E-state index in [9.17, 15) is 9.18 Å². The average molecular weight is 388 g/mol. The minimum atomic E-state index is -0.405. The highest BCUT2D eigenvalue weighted by Gasteiger charge is 2.16. The van der Waals surface area contributed by atoms with E-state index in [1.165, 1.54) is 25.3 Å². The Bertz CT molecular complexity index is 641. The molecule has 0 aromatic heterocycles. The fraction of sp³-hybridized carbons (Fsp3) is 0.0714. The molecule has 0 aliphatic heterocycles. The van der Waals surface area contributed by atoms with E-state index in [1.54, 1.807) is 18.2 Å². The highest BCUT2D eigenvalue weighted by Crippen LogP contribution is 2.27.